The molecule has 144 valence electrons. The van der Waals surface area contributed by atoms with Crippen LogP contribution in [0.1, 0.15) is 5.69 Å². The Morgan fingerprint density at radius 3 is 2.22 bits per heavy atom. The lowest BCUT2D eigenvalue weighted by molar-refractivity contribution is -0.688. The minimum atomic E-state index is -6.09. The van der Waals surface area contributed by atoms with Crippen molar-refractivity contribution in [2.45, 2.75) is 12.1 Å². The summed E-state index contributed by atoms with van der Waals surface area (Å²) < 4.78 is 60.9. The minimum absolute atomic E-state index is 0.116. The van der Waals surface area contributed by atoms with Crippen molar-refractivity contribution in [3.05, 3.63) is 70.7 Å². The van der Waals surface area contributed by atoms with E-state index in [1.165, 1.54) is 6.07 Å². The number of hydrogen-bond acceptors (Lipinski definition) is 5. The van der Waals surface area contributed by atoms with Crippen LogP contribution in [-0.2, 0) is 16.7 Å². The second-order valence-electron chi connectivity index (χ2n) is 5.27. The molecule has 0 atom stereocenters. The monoisotopic (exact) mass is 403 g/mol. The Kier molecular flexibility index (Phi) is 5.81. The van der Waals surface area contributed by atoms with Gasteiger partial charge in [0, 0.05) is 35.2 Å². The van der Waals surface area contributed by atoms with Crippen LogP contribution < -0.4 is 4.57 Å². The molecule has 1 aromatic carbocycles. The topological polar surface area (TPSA) is 120 Å². The van der Waals surface area contributed by atoms with E-state index in [2.05, 4.69) is 4.98 Å². The van der Waals surface area contributed by atoms with E-state index in [1.807, 2.05) is 41.2 Å². The fraction of sp³-hybridized carbons (Fsp3) is 0.133. The van der Waals surface area contributed by atoms with Crippen LogP contribution in [0.3, 0.4) is 0 Å². The number of rotatable bonds is 3. The summed E-state index contributed by atoms with van der Waals surface area (Å²) in [5, 5.41) is 11.6. The summed E-state index contributed by atoms with van der Waals surface area (Å²) in [4.78, 5) is 13.6. The maximum atomic E-state index is 10.7. The molecule has 8 nitrogen and oxygen atoms in total. The predicted molar refractivity (Wildman–Crippen MR) is 86.4 cm³/mol. The van der Waals surface area contributed by atoms with E-state index in [0.29, 0.717) is 6.54 Å². The second kappa shape index (κ2) is 7.72. The van der Waals surface area contributed by atoms with Crippen molar-refractivity contribution in [1.29, 1.82) is 0 Å². The van der Waals surface area contributed by atoms with Gasteiger partial charge in [-0.25, -0.2) is 8.42 Å². The highest BCUT2D eigenvalue weighted by Gasteiger charge is 2.36. The van der Waals surface area contributed by atoms with E-state index < -0.39 is 15.6 Å². The Morgan fingerprint density at radius 2 is 1.70 bits per heavy atom. The van der Waals surface area contributed by atoms with Crippen molar-refractivity contribution in [3.63, 3.8) is 0 Å². The van der Waals surface area contributed by atoms with Crippen LogP contribution in [0.5, 0.6) is 0 Å². The molecule has 0 fully saturated rings. The number of benzene rings is 1. The summed E-state index contributed by atoms with van der Waals surface area (Å²) >= 11 is 0. The number of halogens is 3. The molecule has 0 amide bonds. The lowest BCUT2D eigenvalue weighted by Gasteiger charge is -2.08. The molecule has 12 heteroatoms. The molecule has 2 heterocycles. The van der Waals surface area contributed by atoms with Gasteiger partial charge in [0.1, 0.15) is 0 Å². The Morgan fingerprint density at radius 1 is 1.11 bits per heavy atom. The van der Waals surface area contributed by atoms with Crippen molar-refractivity contribution in [2.24, 2.45) is 0 Å². The number of aromatic nitrogens is 2. The van der Waals surface area contributed by atoms with E-state index in [4.69, 9.17) is 13.0 Å². The van der Waals surface area contributed by atoms with Crippen LogP contribution in [0.2, 0.25) is 0 Å². The van der Waals surface area contributed by atoms with E-state index in [1.54, 1.807) is 12.1 Å². The Balaban J connectivity index is 0.000000279. The SMILES string of the molecule is O=S(=O)([O-])C(F)(F)F.O=[N+]([O-])c1ccc2[nH]c(C[n+]3ccccc3)cc2c1. The molecule has 0 aliphatic carbocycles. The van der Waals surface area contributed by atoms with Gasteiger partial charge >= 0.3 is 5.51 Å². The third-order valence-corrected chi connectivity index (χ3v) is 3.85. The molecule has 0 saturated carbocycles. The molecular formula is C15H12F3N3O5S. The molecule has 0 unspecified atom stereocenters. The number of nitrogens with zero attached hydrogens (tertiary/aromatic N) is 2. The first-order valence-corrected chi connectivity index (χ1v) is 8.60. The van der Waals surface area contributed by atoms with Gasteiger partial charge in [-0.05, 0) is 12.1 Å². The lowest BCUT2D eigenvalue weighted by atomic mass is 10.2. The minimum Gasteiger partial charge on any atom is -0.741 e. The molecular weight excluding hydrogens is 391 g/mol. The van der Waals surface area contributed by atoms with Crippen molar-refractivity contribution in [1.82, 2.24) is 4.98 Å². The number of H-pyrrole nitrogens is 1. The number of alkyl halides is 3. The maximum absolute atomic E-state index is 10.7. The predicted octanol–water partition coefficient (Wildman–Crippen LogP) is 2.46. The first-order chi connectivity index (χ1) is 12.5. The summed E-state index contributed by atoms with van der Waals surface area (Å²) in [7, 11) is -6.09. The zero-order valence-electron chi connectivity index (χ0n) is 13.4. The molecule has 0 aliphatic rings. The first-order valence-electron chi connectivity index (χ1n) is 7.19. The second-order valence-corrected chi connectivity index (χ2v) is 6.64. The smallest absolute Gasteiger partial charge is 0.485 e. The fourth-order valence-electron chi connectivity index (χ4n) is 2.12. The van der Waals surface area contributed by atoms with Crippen molar-refractivity contribution < 1.29 is 35.6 Å². The third kappa shape index (κ3) is 5.49. The van der Waals surface area contributed by atoms with E-state index in [0.717, 1.165) is 16.6 Å². The molecule has 2 aromatic heterocycles. The highest BCUT2D eigenvalue weighted by molar-refractivity contribution is 7.86. The van der Waals surface area contributed by atoms with Crippen molar-refractivity contribution >= 4 is 26.7 Å². The van der Waals surface area contributed by atoms with Gasteiger partial charge < -0.3 is 9.54 Å². The summed E-state index contributed by atoms with van der Waals surface area (Å²) in [5.74, 6) is 0. The highest BCUT2D eigenvalue weighted by Crippen LogP contribution is 2.21. The van der Waals surface area contributed by atoms with Crippen LogP contribution in [0.4, 0.5) is 18.9 Å². The number of non-ortho nitro benzene ring substituents is 1. The first kappa shape index (κ1) is 20.3. The normalized spacial score (nSPS) is 11.7. The van der Waals surface area contributed by atoms with E-state index in [-0.39, 0.29) is 10.6 Å². The van der Waals surface area contributed by atoms with Crippen LogP contribution >= 0.6 is 0 Å². The summed E-state index contributed by atoms with van der Waals surface area (Å²) in [6, 6.07) is 12.7. The van der Waals surface area contributed by atoms with Gasteiger partial charge in [0.25, 0.3) is 5.69 Å². The van der Waals surface area contributed by atoms with Gasteiger partial charge in [0.15, 0.2) is 29.1 Å². The molecule has 3 aromatic rings. The Hall–Kier alpha value is -2.99. The van der Waals surface area contributed by atoms with Crippen LogP contribution in [0.15, 0.2) is 54.9 Å². The van der Waals surface area contributed by atoms with Gasteiger partial charge in [-0.3, -0.25) is 10.1 Å². The van der Waals surface area contributed by atoms with Gasteiger partial charge in [-0.2, -0.15) is 17.7 Å². The van der Waals surface area contributed by atoms with Gasteiger partial charge in [0.2, 0.25) is 0 Å². The van der Waals surface area contributed by atoms with Gasteiger partial charge in [-0.1, -0.05) is 6.07 Å². The molecule has 0 radical (unpaired) electrons. The standard InChI is InChI=1S/C14H12N3O2.CHF3O3S/c18-17(19)13-4-5-14-11(9-13)8-12(15-14)10-16-6-2-1-3-7-16;2-1(3,4)8(5,6)7/h1-9,15H,10H2;(H,5,6,7)/q+1;/p-1. The average molecular weight is 403 g/mol. The van der Waals surface area contributed by atoms with E-state index in [9.17, 15) is 23.3 Å². The molecule has 3 rings (SSSR count). The van der Waals surface area contributed by atoms with Crippen LogP contribution in [0, 0.1) is 10.1 Å². The number of pyridine rings is 1. The number of fused-ring (bicyclic) bond motifs is 1. The molecule has 0 aliphatic heterocycles. The molecule has 0 spiro atoms. The van der Waals surface area contributed by atoms with E-state index >= 15 is 0 Å². The zero-order chi connectivity index (χ0) is 20.2. The number of nitro groups is 1. The fourth-order valence-corrected chi connectivity index (χ4v) is 2.12. The number of nitrogens with one attached hydrogen (secondary N) is 1. The molecule has 1 N–H and O–H groups in total. The van der Waals surface area contributed by atoms with Gasteiger partial charge in [0.05, 0.1) is 10.6 Å². The average Bonchev–Trinajstić information content (AvgIpc) is 2.95. The number of hydrogen-bond donors (Lipinski definition) is 1. The number of aromatic amines is 1. The third-order valence-electron chi connectivity index (χ3n) is 3.28. The quantitative estimate of drug-likeness (QED) is 0.237. The highest BCUT2D eigenvalue weighted by atomic mass is 32.2. The summed E-state index contributed by atoms with van der Waals surface area (Å²) in [6.45, 7) is 0.712. The summed E-state index contributed by atoms with van der Waals surface area (Å²) in [6.07, 6.45) is 3.96. The van der Waals surface area contributed by atoms with Crippen molar-refractivity contribution in [3.8, 4) is 0 Å². The Labute approximate surface area is 150 Å². The molecule has 27 heavy (non-hydrogen) atoms. The summed E-state index contributed by atoms with van der Waals surface area (Å²) in [5.41, 5.74) is -3.60. The van der Waals surface area contributed by atoms with Crippen LogP contribution in [0.25, 0.3) is 10.9 Å². The van der Waals surface area contributed by atoms with Crippen LogP contribution in [-0.4, -0.2) is 28.4 Å². The molecule has 0 bridgehead atoms. The molecule has 0 saturated heterocycles. The van der Waals surface area contributed by atoms with Crippen molar-refractivity contribution in [2.75, 3.05) is 0 Å². The lowest BCUT2D eigenvalue weighted by Crippen LogP contribution is -2.32. The Bertz CT molecular complexity index is 1050. The van der Waals surface area contributed by atoms with Gasteiger partial charge in [-0.15, -0.1) is 0 Å². The largest absolute Gasteiger partial charge is 0.741 e. The zero-order valence-corrected chi connectivity index (χ0v) is 14.2. The maximum Gasteiger partial charge on any atom is 0.485 e. The number of nitro benzene ring substituents is 1.